The van der Waals surface area contributed by atoms with Crippen molar-refractivity contribution in [3.63, 3.8) is 0 Å². The molecule has 2 aromatic rings. The zero-order valence-electron chi connectivity index (χ0n) is 18.0. The standard InChI is InChI=1S/C25H27NO5/c1-15(2)17-10-12-18(13-11-17)22-21(23(29)19-8-6-16(3)7-9-19)24(30)25(31)26(22)14-4-5-20(27)28/h6-13,15,22,29H,4-5,14H2,1-3H3,(H,27,28)/b23-21+/t22-/m0/s1. The molecule has 1 fully saturated rings. The number of Topliss-reactive ketones (excluding diaryl/α,β-unsaturated/α-hetero) is 1. The first-order valence-electron chi connectivity index (χ1n) is 10.4. The van der Waals surface area contributed by atoms with Gasteiger partial charge < -0.3 is 15.1 Å². The Morgan fingerprint density at radius 1 is 1.00 bits per heavy atom. The van der Waals surface area contributed by atoms with E-state index >= 15 is 0 Å². The summed E-state index contributed by atoms with van der Waals surface area (Å²) in [6, 6.07) is 13.9. The van der Waals surface area contributed by atoms with Crippen LogP contribution in [0.25, 0.3) is 5.76 Å². The predicted octanol–water partition coefficient (Wildman–Crippen LogP) is 4.40. The molecule has 31 heavy (non-hydrogen) atoms. The molecule has 1 atom stereocenters. The number of carbonyl (C=O) groups excluding carboxylic acids is 2. The van der Waals surface area contributed by atoms with E-state index in [1.54, 1.807) is 12.1 Å². The Kier molecular flexibility index (Phi) is 6.59. The maximum absolute atomic E-state index is 12.9. The second-order valence-electron chi connectivity index (χ2n) is 8.18. The van der Waals surface area contributed by atoms with Crippen LogP contribution < -0.4 is 0 Å². The Labute approximate surface area is 181 Å². The van der Waals surface area contributed by atoms with E-state index in [-0.39, 0.29) is 30.7 Å². The summed E-state index contributed by atoms with van der Waals surface area (Å²) in [5.41, 5.74) is 3.31. The molecule has 1 amide bonds. The van der Waals surface area contributed by atoms with E-state index in [2.05, 4.69) is 13.8 Å². The number of aliphatic hydroxyl groups is 1. The molecule has 6 nitrogen and oxygen atoms in total. The van der Waals surface area contributed by atoms with E-state index in [0.29, 0.717) is 17.0 Å². The molecule has 0 aromatic heterocycles. The number of carboxylic acid groups (broad SMARTS) is 1. The molecule has 1 aliphatic rings. The molecule has 0 spiro atoms. The smallest absolute Gasteiger partial charge is 0.303 e. The summed E-state index contributed by atoms with van der Waals surface area (Å²) >= 11 is 0. The first-order chi connectivity index (χ1) is 14.7. The molecule has 0 unspecified atom stereocenters. The summed E-state index contributed by atoms with van der Waals surface area (Å²) in [7, 11) is 0. The molecule has 162 valence electrons. The molecule has 2 N–H and O–H groups in total. The molecular formula is C25H27NO5. The molecule has 1 aliphatic heterocycles. The number of aliphatic carboxylic acids is 1. The van der Waals surface area contributed by atoms with Crippen LogP contribution in [0.1, 0.15) is 60.9 Å². The molecule has 0 bridgehead atoms. The van der Waals surface area contributed by atoms with Gasteiger partial charge in [0.2, 0.25) is 0 Å². The summed E-state index contributed by atoms with van der Waals surface area (Å²) in [5.74, 6) is -2.35. The van der Waals surface area contributed by atoms with Crippen molar-refractivity contribution in [3.05, 3.63) is 76.4 Å². The fraction of sp³-hybridized carbons (Fsp3) is 0.320. The van der Waals surface area contributed by atoms with Crippen LogP contribution in [0.3, 0.4) is 0 Å². The summed E-state index contributed by atoms with van der Waals surface area (Å²) in [5, 5.41) is 20.0. The Bertz CT molecular complexity index is 1020. The van der Waals surface area contributed by atoms with E-state index in [4.69, 9.17) is 5.11 Å². The number of likely N-dealkylation sites (tertiary alicyclic amines) is 1. The molecule has 6 heteroatoms. The van der Waals surface area contributed by atoms with Gasteiger partial charge >= 0.3 is 5.97 Å². The third kappa shape index (κ3) is 4.68. The van der Waals surface area contributed by atoms with Gasteiger partial charge in [0.25, 0.3) is 11.7 Å². The second kappa shape index (κ2) is 9.16. The lowest BCUT2D eigenvalue weighted by Crippen LogP contribution is -2.31. The van der Waals surface area contributed by atoms with Gasteiger partial charge in [0.05, 0.1) is 11.6 Å². The highest BCUT2D eigenvalue weighted by Gasteiger charge is 2.45. The fourth-order valence-electron chi connectivity index (χ4n) is 3.79. The van der Waals surface area contributed by atoms with Gasteiger partial charge in [-0.25, -0.2) is 0 Å². The number of hydrogen-bond donors (Lipinski definition) is 2. The highest BCUT2D eigenvalue weighted by Crippen LogP contribution is 2.39. The minimum absolute atomic E-state index is 0.0291. The summed E-state index contributed by atoms with van der Waals surface area (Å²) < 4.78 is 0. The number of rotatable bonds is 7. The maximum atomic E-state index is 12.9. The topological polar surface area (TPSA) is 94.9 Å². The van der Waals surface area contributed by atoms with Gasteiger partial charge in [-0.2, -0.15) is 0 Å². The van der Waals surface area contributed by atoms with E-state index in [9.17, 15) is 19.5 Å². The molecule has 1 saturated heterocycles. The quantitative estimate of drug-likeness (QED) is 0.392. The van der Waals surface area contributed by atoms with Crippen LogP contribution in [-0.2, 0) is 14.4 Å². The van der Waals surface area contributed by atoms with Crippen LogP contribution in [0.15, 0.2) is 54.1 Å². The fourth-order valence-corrected chi connectivity index (χ4v) is 3.79. The zero-order valence-corrected chi connectivity index (χ0v) is 18.0. The largest absolute Gasteiger partial charge is 0.507 e. The summed E-state index contributed by atoms with van der Waals surface area (Å²) in [6.07, 6.45) is 0.105. The molecule has 0 saturated carbocycles. The van der Waals surface area contributed by atoms with Crippen LogP contribution in [0, 0.1) is 6.92 Å². The van der Waals surface area contributed by atoms with Gasteiger partial charge in [0.15, 0.2) is 0 Å². The van der Waals surface area contributed by atoms with Crippen LogP contribution >= 0.6 is 0 Å². The maximum Gasteiger partial charge on any atom is 0.303 e. The van der Waals surface area contributed by atoms with Crippen molar-refractivity contribution in [3.8, 4) is 0 Å². The molecule has 1 heterocycles. The second-order valence-corrected chi connectivity index (χ2v) is 8.18. The molecule has 0 aliphatic carbocycles. The number of aliphatic hydroxyl groups excluding tert-OH is 1. The van der Waals surface area contributed by atoms with Gasteiger partial charge in [0.1, 0.15) is 5.76 Å². The average molecular weight is 421 g/mol. The summed E-state index contributed by atoms with van der Waals surface area (Å²) in [4.78, 5) is 38.1. The highest BCUT2D eigenvalue weighted by molar-refractivity contribution is 6.46. The summed E-state index contributed by atoms with van der Waals surface area (Å²) in [6.45, 7) is 6.18. The van der Waals surface area contributed by atoms with Gasteiger partial charge in [-0.15, -0.1) is 0 Å². The van der Waals surface area contributed by atoms with Crippen molar-refractivity contribution in [1.82, 2.24) is 4.90 Å². The Balaban J connectivity index is 2.09. The third-order valence-corrected chi connectivity index (χ3v) is 5.57. The number of ketones is 1. The molecule has 0 radical (unpaired) electrons. The number of amides is 1. The number of aryl methyl sites for hydroxylation is 1. The van der Waals surface area contributed by atoms with Crippen molar-refractivity contribution in [2.75, 3.05) is 6.54 Å². The van der Waals surface area contributed by atoms with E-state index < -0.39 is 23.7 Å². The van der Waals surface area contributed by atoms with Crippen LogP contribution in [0.2, 0.25) is 0 Å². The zero-order chi connectivity index (χ0) is 22.7. The number of nitrogens with zero attached hydrogens (tertiary/aromatic N) is 1. The predicted molar refractivity (Wildman–Crippen MR) is 118 cm³/mol. The lowest BCUT2D eigenvalue weighted by molar-refractivity contribution is -0.140. The third-order valence-electron chi connectivity index (χ3n) is 5.57. The number of benzene rings is 2. The van der Waals surface area contributed by atoms with Crippen LogP contribution in [-0.4, -0.2) is 39.3 Å². The highest BCUT2D eigenvalue weighted by atomic mass is 16.4. The van der Waals surface area contributed by atoms with Crippen LogP contribution in [0.4, 0.5) is 0 Å². The molecule has 2 aromatic carbocycles. The number of carbonyl (C=O) groups is 3. The lowest BCUT2D eigenvalue weighted by Gasteiger charge is -2.25. The monoisotopic (exact) mass is 421 g/mol. The molecular weight excluding hydrogens is 394 g/mol. The van der Waals surface area contributed by atoms with Gasteiger partial charge in [-0.3, -0.25) is 14.4 Å². The van der Waals surface area contributed by atoms with Crippen molar-refractivity contribution >= 4 is 23.4 Å². The minimum atomic E-state index is -0.964. The lowest BCUT2D eigenvalue weighted by atomic mass is 9.93. The van der Waals surface area contributed by atoms with Crippen molar-refractivity contribution in [2.45, 2.75) is 45.6 Å². The van der Waals surface area contributed by atoms with Gasteiger partial charge in [0, 0.05) is 18.5 Å². The van der Waals surface area contributed by atoms with E-state index in [0.717, 1.165) is 11.1 Å². The van der Waals surface area contributed by atoms with Crippen molar-refractivity contribution in [2.24, 2.45) is 0 Å². The number of carboxylic acids is 1. The first-order valence-corrected chi connectivity index (χ1v) is 10.4. The SMILES string of the molecule is Cc1ccc(/C(O)=C2\C(=O)C(=O)N(CCCC(=O)O)[C@H]2c2ccc(C(C)C)cc2)cc1. The Morgan fingerprint density at radius 2 is 1.61 bits per heavy atom. The average Bonchev–Trinajstić information content (AvgIpc) is 2.98. The molecule has 3 rings (SSSR count). The van der Waals surface area contributed by atoms with Crippen LogP contribution in [0.5, 0.6) is 0 Å². The Morgan fingerprint density at radius 3 is 2.16 bits per heavy atom. The normalized spacial score (nSPS) is 18.1. The minimum Gasteiger partial charge on any atom is -0.507 e. The van der Waals surface area contributed by atoms with E-state index in [1.165, 1.54) is 4.90 Å². The van der Waals surface area contributed by atoms with E-state index in [1.807, 2.05) is 43.3 Å². The van der Waals surface area contributed by atoms with Crippen molar-refractivity contribution in [1.29, 1.82) is 0 Å². The van der Waals surface area contributed by atoms with Crippen molar-refractivity contribution < 1.29 is 24.6 Å². The van der Waals surface area contributed by atoms with Gasteiger partial charge in [-0.05, 0) is 30.4 Å². The Hall–Kier alpha value is -3.41. The number of hydrogen-bond acceptors (Lipinski definition) is 4. The van der Waals surface area contributed by atoms with Gasteiger partial charge in [-0.1, -0.05) is 67.9 Å². The first kappa shape index (κ1) is 22.3.